The largest absolute Gasteiger partial charge is 0.365 e. The van der Waals surface area contributed by atoms with Crippen molar-refractivity contribution >= 4 is 22.6 Å². The summed E-state index contributed by atoms with van der Waals surface area (Å²) in [5.74, 6) is 0.276. The molecule has 0 fully saturated rings. The minimum atomic E-state index is -0.459. The maximum absolute atomic E-state index is 12.7. The van der Waals surface area contributed by atoms with Gasteiger partial charge < -0.3 is 10.6 Å². The van der Waals surface area contributed by atoms with Crippen LogP contribution in [0, 0.1) is 0 Å². The zero-order valence-corrected chi connectivity index (χ0v) is 16.4. The van der Waals surface area contributed by atoms with Crippen molar-refractivity contribution in [3.63, 3.8) is 0 Å². The first kappa shape index (κ1) is 19.4. The van der Waals surface area contributed by atoms with Crippen molar-refractivity contribution in [1.29, 1.82) is 0 Å². The van der Waals surface area contributed by atoms with Crippen molar-refractivity contribution in [2.24, 2.45) is 0 Å². The minimum absolute atomic E-state index is 0.0852. The first-order chi connectivity index (χ1) is 14.7. The van der Waals surface area contributed by atoms with Crippen molar-refractivity contribution in [3.8, 4) is 0 Å². The number of anilines is 1. The first-order valence-electron chi connectivity index (χ1n) is 9.79. The standard InChI is InChI=1S/C24H22N4O2/c29-22(25-15-18-9-3-1-4-10-18)17-28-21-14-8-7-13-20(21)23(27-24(28)30)26-16-19-11-5-2-6-12-19/h1-14H,15-17H2,(H,25,29)(H,26,27,30). The van der Waals surface area contributed by atoms with Crippen LogP contribution in [0.3, 0.4) is 0 Å². The molecule has 0 aliphatic rings. The smallest absolute Gasteiger partial charge is 0.350 e. The molecule has 0 spiro atoms. The Bertz CT molecular complexity index is 1200. The molecule has 0 aliphatic heterocycles. The highest BCUT2D eigenvalue weighted by atomic mass is 16.2. The number of fused-ring (bicyclic) bond motifs is 1. The molecule has 0 saturated heterocycles. The highest BCUT2D eigenvalue weighted by Crippen LogP contribution is 2.20. The highest BCUT2D eigenvalue weighted by molar-refractivity contribution is 5.90. The van der Waals surface area contributed by atoms with Gasteiger partial charge in [0.2, 0.25) is 5.91 Å². The predicted molar refractivity (Wildman–Crippen MR) is 118 cm³/mol. The van der Waals surface area contributed by atoms with Gasteiger partial charge >= 0.3 is 5.69 Å². The second kappa shape index (κ2) is 9.05. The zero-order chi connectivity index (χ0) is 20.8. The summed E-state index contributed by atoms with van der Waals surface area (Å²) >= 11 is 0. The van der Waals surface area contributed by atoms with Crippen molar-refractivity contribution in [3.05, 3.63) is 107 Å². The van der Waals surface area contributed by atoms with E-state index in [1.54, 1.807) is 0 Å². The summed E-state index contributed by atoms with van der Waals surface area (Å²) in [6, 6.07) is 27.0. The Hall–Kier alpha value is -3.93. The monoisotopic (exact) mass is 398 g/mol. The summed E-state index contributed by atoms with van der Waals surface area (Å²) in [6.45, 7) is 0.882. The second-order valence-corrected chi connectivity index (χ2v) is 6.95. The normalized spacial score (nSPS) is 10.7. The van der Waals surface area contributed by atoms with Gasteiger partial charge in [-0.3, -0.25) is 9.36 Å². The molecule has 0 radical (unpaired) electrons. The Morgan fingerprint density at radius 1 is 0.800 bits per heavy atom. The lowest BCUT2D eigenvalue weighted by Gasteiger charge is -2.14. The van der Waals surface area contributed by atoms with Crippen LogP contribution in [0.2, 0.25) is 0 Å². The van der Waals surface area contributed by atoms with E-state index in [1.165, 1.54) is 4.57 Å². The number of amides is 1. The molecule has 0 aliphatic carbocycles. The number of aromatic nitrogens is 2. The minimum Gasteiger partial charge on any atom is -0.365 e. The Balaban J connectivity index is 1.54. The molecule has 1 aromatic heterocycles. The Morgan fingerprint density at radius 2 is 1.40 bits per heavy atom. The van der Waals surface area contributed by atoms with Gasteiger partial charge in [-0.25, -0.2) is 4.79 Å². The molecule has 150 valence electrons. The maximum atomic E-state index is 12.7. The van der Waals surface area contributed by atoms with Crippen molar-refractivity contribution in [1.82, 2.24) is 14.9 Å². The number of hydrogen-bond acceptors (Lipinski definition) is 4. The lowest BCUT2D eigenvalue weighted by Crippen LogP contribution is -2.33. The summed E-state index contributed by atoms with van der Waals surface area (Å²) in [5, 5.41) is 6.90. The number of nitrogens with zero attached hydrogens (tertiary/aromatic N) is 2. The Morgan fingerprint density at radius 3 is 2.10 bits per heavy atom. The number of carbonyl (C=O) groups is 1. The molecule has 2 N–H and O–H groups in total. The van der Waals surface area contributed by atoms with Gasteiger partial charge in [0.05, 0.1) is 5.52 Å². The average molecular weight is 398 g/mol. The van der Waals surface area contributed by atoms with Gasteiger partial charge in [0.25, 0.3) is 0 Å². The van der Waals surface area contributed by atoms with E-state index >= 15 is 0 Å². The summed E-state index contributed by atoms with van der Waals surface area (Å²) in [7, 11) is 0. The van der Waals surface area contributed by atoms with Crippen LogP contribution in [0.15, 0.2) is 89.7 Å². The lowest BCUT2D eigenvalue weighted by molar-refractivity contribution is -0.121. The Kier molecular flexibility index (Phi) is 5.85. The lowest BCUT2D eigenvalue weighted by atomic mass is 10.2. The molecule has 4 aromatic rings. The average Bonchev–Trinajstić information content (AvgIpc) is 2.80. The molecule has 4 rings (SSSR count). The summed E-state index contributed by atoms with van der Waals surface area (Å²) < 4.78 is 1.41. The van der Waals surface area contributed by atoms with Crippen LogP contribution in [0.1, 0.15) is 11.1 Å². The summed E-state index contributed by atoms with van der Waals surface area (Å²) in [4.78, 5) is 29.4. The van der Waals surface area contributed by atoms with Gasteiger partial charge in [-0.1, -0.05) is 72.8 Å². The van der Waals surface area contributed by atoms with Crippen LogP contribution >= 0.6 is 0 Å². The Labute approximate surface area is 174 Å². The third kappa shape index (κ3) is 4.55. The number of rotatable bonds is 7. The number of hydrogen-bond donors (Lipinski definition) is 2. The fraction of sp³-hybridized carbons (Fsp3) is 0.125. The molecule has 30 heavy (non-hydrogen) atoms. The molecular weight excluding hydrogens is 376 g/mol. The summed E-state index contributed by atoms with van der Waals surface area (Å²) in [5.41, 5.74) is 2.30. The van der Waals surface area contributed by atoms with Crippen LogP contribution in [-0.2, 0) is 24.4 Å². The first-order valence-corrected chi connectivity index (χ1v) is 9.79. The third-order valence-electron chi connectivity index (χ3n) is 4.83. The topological polar surface area (TPSA) is 76.0 Å². The maximum Gasteiger partial charge on any atom is 0.350 e. The van der Waals surface area contributed by atoms with E-state index in [-0.39, 0.29) is 12.5 Å². The fourth-order valence-electron chi connectivity index (χ4n) is 3.29. The molecule has 0 bridgehead atoms. The van der Waals surface area contributed by atoms with E-state index in [1.807, 2.05) is 84.9 Å². The molecule has 6 heteroatoms. The van der Waals surface area contributed by atoms with Crippen LogP contribution in [0.4, 0.5) is 5.82 Å². The van der Waals surface area contributed by atoms with Gasteiger partial charge in [-0.05, 0) is 23.3 Å². The molecule has 3 aromatic carbocycles. The van der Waals surface area contributed by atoms with E-state index in [9.17, 15) is 9.59 Å². The van der Waals surface area contributed by atoms with Gasteiger partial charge in [0.1, 0.15) is 12.4 Å². The molecular formula is C24H22N4O2. The van der Waals surface area contributed by atoms with Crippen molar-refractivity contribution < 1.29 is 4.79 Å². The van der Waals surface area contributed by atoms with Gasteiger partial charge in [0.15, 0.2) is 0 Å². The van der Waals surface area contributed by atoms with Gasteiger partial charge in [-0.15, -0.1) is 0 Å². The number of para-hydroxylation sites is 1. The van der Waals surface area contributed by atoms with Crippen LogP contribution in [-0.4, -0.2) is 15.5 Å². The number of nitrogens with one attached hydrogen (secondary N) is 2. The fourth-order valence-corrected chi connectivity index (χ4v) is 3.29. The molecule has 1 heterocycles. The van der Waals surface area contributed by atoms with E-state index in [4.69, 9.17) is 0 Å². The number of carbonyl (C=O) groups excluding carboxylic acids is 1. The van der Waals surface area contributed by atoms with Crippen molar-refractivity contribution in [2.45, 2.75) is 19.6 Å². The van der Waals surface area contributed by atoms with Crippen molar-refractivity contribution in [2.75, 3.05) is 5.32 Å². The van der Waals surface area contributed by atoms with Gasteiger partial charge in [-0.2, -0.15) is 4.98 Å². The second-order valence-electron chi connectivity index (χ2n) is 6.95. The van der Waals surface area contributed by atoms with E-state index in [2.05, 4.69) is 15.6 Å². The van der Waals surface area contributed by atoms with E-state index in [0.717, 1.165) is 16.5 Å². The van der Waals surface area contributed by atoms with Crippen LogP contribution in [0.25, 0.3) is 10.9 Å². The quantitative estimate of drug-likeness (QED) is 0.501. The molecule has 0 saturated carbocycles. The van der Waals surface area contributed by atoms with E-state index in [0.29, 0.717) is 24.4 Å². The summed E-state index contributed by atoms with van der Waals surface area (Å²) in [6.07, 6.45) is 0. The zero-order valence-electron chi connectivity index (χ0n) is 16.4. The SMILES string of the molecule is O=C(Cn1c(=O)nc(NCc2ccccc2)c2ccccc21)NCc1ccccc1. The predicted octanol–water partition coefficient (Wildman–Crippen LogP) is 3.33. The van der Waals surface area contributed by atoms with E-state index < -0.39 is 5.69 Å². The van der Waals surface area contributed by atoms with Crippen LogP contribution < -0.4 is 16.3 Å². The molecule has 6 nitrogen and oxygen atoms in total. The molecule has 0 unspecified atom stereocenters. The molecule has 1 amide bonds. The number of benzene rings is 3. The third-order valence-corrected chi connectivity index (χ3v) is 4.83. The highest BCUT2D eigenvalue weighted by Gasteiger charge is 2.13. The van der Waals surface area contributed by atoms with Crippen LogP contribution in [0.5, 0.6) is 0 Å². The van der Waals surface area contributed by atoms with Gasteiger partial charge in [0, 0.05) is 18.5 Å². The molecule has 0 atom stereocenters.